The SMILES string of the molecule is CCCCOC(=O)COc1c(-c2ccc3c(c2)COC3=O)ccc(OC)c1OC. The van der Waals surface area contributed by atoms with Crippen molar-refractivity contribution in [3.63, 3.8) is 0 Å². The largest absolute Gasteiger partial charge is 0.493 e. The fourth-order valence-corrected chi connectivity index (χ4v) is 3.07. The summed E-state index contributed by atoms with van der Waals surface area (Å²) in [5, 5.41) is 0. The molecule has 0 fully saturated rings. The number of carbonyl (C=O) groups excluding carboxylic acids is 2. The van der Waals surface area contributed by atoms with E-state index < -0.39 is 5.97 Å². The first-order valence-corrected chi connectivity index (χ1v) is 9.42. The Kier molecular flexibility index (Phi) is 6.59. The number of carbonyl (C=O) groups is 2. The van der Waals surface area contributed by atoms with E-state index in [2.05, 4.69) is 0 Å². The normalized spacial score (nSPS) is 12.2. The predicted molar refractivity (Wildman–Crippen MR) is 105 cm³/mol. The van der Waals surface area contributed by atoms with Crippen LogP contribution in [0.15, 0.2) is 30.3 Å². The van der Waals surface area contributed by atoms with Crippen LogP contribution in [0.2, 0.25) is 0 Å². The van der Waals surface area contributed by atoms with Crippen molar-refractivity contribution in [3.8, 4) is 28.4 Å². The summed E-state index contributed by atoms with van der Waals surface area (Å²) in [5.41, 5.74) is 2.85. The van der Waals surface area contributed by atoms with E-state index in [-0.39, 0.29) is 19.2 Å². The quantitative estimate of drug-likeness (QED) is 0.468. The van der Waals surface area contributed by atoms with E-state index in [1.165, 1.54) is 14.2 Å². The molecule has 0 saturated carbocycles. The second-order valence-electron chi connectivity index (χ2n) is 6.49. The monoisotopic (exact) mass is 400 g/mol. The Morgan fingerprint density at radius 1 is 1.07 bits per heavy atom. The number of hydrogen-bond donors (Lipinski definition) is 0. The second kappa shape index (κ2) is 9.32. The first kappa shape index (κ1) is 20.5. The highest BCUT2D eigenvalue weighted by atomic mass is 16.6. The van der Waals surface area contributed by atoms with Crippen LogP contribution in [-0.4, -0.2) is 39.4 Å². The minimum absolute atomic E-state index is 0.231. The maximum absolute atomic E-state index is 12.0. The lowest BCUT2D eigenvalue weighted by atomic mass is 9.99. The molecule has 1 aliphatic heterocycles. The zero-order valence-corrected chi connectivity index (χ0v) is 16.8. The highest BCUT2D eigenvalue weighted by molar-refractivity contribution is 5.94. The van der Waals surface area contributed by atoms with Gasteiger partial charge in [-0.1, -0.05) is 19.4 Å². The smallest absolute Gasteiger partial charge is 0.344 e. The maximum Gasteiger partial charge on any atom is 0.344 e. The Morgan fingerprint density at radius 2 is 1.86 bits per heavy atom. The number of cyclic esters (lactones) is 1. The molecule has 0 aliphatic carbocycles. The Labute approximate surface area is 169 Å². The number of ether oxygens (including phenoxy) is 5. The van der Waals surface area contributed by atoms with Gasteiger partial charge < -0.3 is 23.7 Å². The lowest BCUT2D eigenvalue weighted by Crippen LogP contribution is -2.16. The van der Waals surface area contributed by atoms with Crippen molar-refractivity contribution >= 4 is 11.9 Å². The highest BCUT2D eigenvalue weighted by Crippen LogP contribution is 2.45. The van der Waals surface area contributed by atoms with Crippen molar-refractivity contribution in [1.29, 1.82) is 0 Å². The molecule has 7 nitrogen and oxygen atoms in total. The van der Waals surface area contributed by atoms with Crippen LogP contribution < -0.4 is 14.2 Å². The standard InChI is InChI=1S/C22H24O7/c1-4-5-10-27-19(23)13-28-20-16(8-9-18(25-2)21(20)26-3)14-6-7-17-15(11-14)12-29-22(17)24/h6-9,11H,4-5,10,12-13H2,1-3H3. The van der Waals surface area contributed by atoms with Gasteiger partial charge in [-0.15, -0.1) is 0 Å². The number of esters is 2. The van der Waals surface area contributed by atoms with Gasteiger partial charge in [0.25, 0.3) is 0 Å². The molecule has 0 radical (unpaired) electrons. The lowest BCUT2D eigenvalue weighted by Gasteiger charge is -2.18. The molecule has 7 heteroatoms. The average molecular weight is 400 g/mol. The summed E-state index contributed by atoms with van der Waals surface area (Å²) >= 11 is 0. The fourth-order valence-electron chi connectivity index (χ4n) is 3.07. The highest BCUT2D eigenvalue weighted by Gasteiger charge is 2.24. The number of fused-ring (bicyclic) bond motifs is 1. The number of rotatable bonds is 9. The molecule has 2 aromatic carbocycles. The lowest BCUT2D eigenvalue weighted by molar-refractivity contribution is -0.146. The molecule has 0 unspecified atom stereocenters. The first-order valence-electron chi connectivity index (χ1n) is 9.42. The van der Waals surface area contributed by atoms with Crippen molar-refractivity contribution in [3.05, 3.63) is 41.5 Å². The van der Waals surface area contributed by atoms with Gasteiger partial charge in [-0.3, -0.25) is 0 Å². The van der Waals surface area contributed by atoms with Crippen molar-refractivity contribution in [2.75, 3.05) is 27.4 Å². The van der Waals surface area contributed by atoms with Gasteiger partial charge in [0.05, 0.1) is 26.4 Å². The molecule has 0 amide bonds. The molecule has 0 bridgehead atoms. The summed E-state index contributed by atoms with van der Waals surface area (Å²) in [5.74, 6) is 0.432. The number of benzene rings is 2. The maximum atomic E-state index is 12.0. The minimum Gasteiger partial charge on any atom is -0.493 e. The van der Waals surface area contributed by atoms with Crippen LogP contribution >= 0.6 is 0 Å². The number of methoxy groups -OCH3 is 2. The minimum atomic E-state index is -0.456. The summed E-state index contributed by atoms with van der Waals surface area (Å²) in [6.45, 7) is 2.36. The fraction of sp³-hybridized carbons (Fsp3) is 0.364. The van der Waals surface area contributed by atoms with Gasteiger partial charge in [-0.2, -0.15) is 0 Å². The van der Waals surface area contributed by atoms with Gasteiger partial charge >= 0.3 is 11.9 Å². The van der Waals surface area contributed by atoms with Crippen molar-refractivity contribution < 1.29 is 33.3 Å². The molecule has 0 saturated heterocycles. The first-order chi connectivity index (χ1) is 14.1. The third-order valence-corrected chi connectivity index (χ3v) is 4.59. The van der Waals surface area contributed by atoms with Crippen LogP contribution in [0.3, 0.4) is 0 Å². The zero-order valence-electron chi connectivity index (χ0n) is 16.8. The van der Waals surface area contributed by atoms with E-state index in [0.717, 1.165) is 24.0 Å². The summed E-state index contributed by atoms with van der Waals surface area (Å²) < 4.78 is 26.9. The van der Waals surface area contributed by atoms with E-state index in [0.29, 0.717) is 35.0 Å². The Balaban J connectivity index is 1.93. The third-order valence-electron chi connectivity index (χ3n) is 4.59. The van der Waals surface area contributed by atoms with Crippen LogP contribution in [-0.2, 0) is 20.9 Å². The van der Waals surface area contributed by atoms with Gasteiger partial charge in [0, 0.05) is 11.1 Å². The molecule has 0 N–H and O–H groups in total. The molecule has 1 heterocycles. The van der Waals surface area contributed by atoms with Crippen molar-refractivity contribution in [2.45, 2.75) is 26.4 Å². The topological polar surface area (TPSA) is 80.3 Å². The van der Waals surface area contributed by atoms with Crippen LogP contribution in [0.4, 0.5) is 0 Å². The van der Waals surface area contributed by atoms with Crippen molar-refractivity contribution in [1.82, 2.24) is 0 Å². The van der Waals surface area contributed by atoms with E-state index >= 15 is 0 Å². The molecule has 0 atom stereocenters. The molecule has 0 aromatic heterocycles. The van der Waals surface area contributed by atoms with Crippen LogP contribution in [0, 0.1) is 0 Å². The molecule has 1 aliphatic rings. The number of unbranched alkanes of at least 4 members (excludes halogenated alkanes) is 1. The summed E-state index contributed by atoms with van der Waals surface area (Å²) in [7, 11) is 3.03. The van der Waals surface area contributed by atoms with Crippen LogP contribution in [0.5, 0.6) is 17.2 Å². The van der Waals surface area contributed by atoms with E-state index in [4.69, 9.17) is 23.7 Å². The third kappa shape index (κ3) is 4.45. The van der Waals surface area contributed by atoms with E-state index in [1.807, 2.05) is 19.1 Å². The Bertz CT molecular complexity index is 904. The van der Waals surface area contributed by atoms with E-state index in [9.17, 15) is 9.59 Å². The molecule has 154 valence electrons. The van der Waals surface area contributed by atoms with E-state index in [1.54, 1.807) is 18.2 Å². The van der Waals surface area contributed by atoms with Crippen molar-refractivity contribution in [2.24, 2.45) is 0 Å². The average Bonchev–Trinajstić information content (AvgIpc) is 3.11. The van der Waals surface area contributed by atoms with Gasteiger partial charge in [0.15, 0.2) is 18.1 Å². The van der Waals surface area contributed by atoms with Crippen LogP contribution in [0.25, 0.3) is 11.1 Å². The molecule has 0 spiro atoms. The Hall–Kier alpha value is -3.22. The van der Waals surface area contributed by atoms with Crippen LogP contribution in [0.1, 0.15) is 35.7 Å². The number of hydrogen-bond acceptors (Lipinski definition) is 7. The summed E-state index contributed by atoms with van der Waals surface area (Å²) in [6.07, 6.45) is 1.74. The molecular weight excluding hydrogens is 376 g/mol. The predicted octanol–water partition coefficient (Wildman–Crippen LogP) is 3.76. The van der Waals surface area contributed by atoms with Gasteiger partial charge in [-0.25, -0.2) is 9.59 Å². The molecule has 29 heavy (non-hydrogen) atoms. The summed E-state index contributed by atoms with van der Waals surface area (Å²) in [6, 6.07) is 8.97. The molecule has 3 rings (SSSR count). The molecular formula is C22H24O7. The van der Waals surface area contributed by atoms with Gasteiger partial charge in [-0.05, 0) is 36.2 Å². The van der Waals surface area contributed by atoms with Gasteiger partial charge in [0.2, 0.25) is 5.75 Å². The zero-order chi connectivity index (χ0) is 20.8. The second-order valence-corrected chi connectivity index (χ2v) is 6.49. The van der Waals surface area contributed by atoms with Gasteiger partial charge in [0.1, 0.15) is 6.61 Å². The summed E-state index contributed by atoms with van der Waals surface area (Å²) in [4.78, 5) is 23.7. The Morgan fingerprint density at radius 3 is 2.59 bits per heavy atom. The molecule has 2 aromatic rings.